The predicted molar refractivity (Wildman–Crippen MR) is 68.3 cm³/mol. The van der Waals surface area contributed by atoms with Gasteiger partial charge in [-0.2, -0.15) is 4.98 Å². The molecular weight excluding hydrogens is 266 g/mol. The zero-order chi connectivity index (χ0) is 14.5. The van der Waals surface area contributed by atoms with Gasteiger partial charge in [0.15, 0.2) is 6.61 Å². The first-order chi connectivity index (χ1) is 9.54. The molecule has 2 aromatic rings. The fraction of sp³-hybridized carbons (Fsp3) is 0.182. The third-order valence-corrected chi connectivity index (χ3v) is 2.25. The van der Waals surface area contributed by atoms with E-state index < -0.39 is 10.8 Å². The van der Waals surface area contributed by atoms with E-state index in [1.165, 1.54) is 24.3 Å². The number of carbonyl (C=O) groups excluding carboxylic acids is 1. The molecule has 1 aromatic heterocycles. The lowest BCUT2D eigenvalue weighted by molar-refractivity contribution is -0.384. The molecule has 0 aliphatic heterocycles. The minimum Gasteiger partial charge on any atom is -0.484 e. The van der Waals surface area contributed by atoms with Gasteiger partial charge in [-0.05, 0) is 13.0 Å². The first-order valence-corrected chi connectivity index (χ1v) is 5.61. The largest absolute Gasteiger partial charge is 0.484 e. The lowest BCUT2D eigenvalue weighted by atomic mass is 10.3. The predicted octanol–water partition coefficient (Wildman–Crippen LogP) is 1.04. The van der Waals surface area contributed by atoms with E-state index >= 15 is 0 Å². The number of ether oxygens (including phenoxy) is 1. The van der Waals surface area contributed by atoms with E-state index in [0.717, 1.165) is 0 Å². The van der Waals surface area contributed by atoms with Crippen LogP contribution in [0.15, 0.2) is 24.3 Å². The first-order valence-electron chi connectivity index (χ1n) is 5.61. The summed E-state index contributed by atoms with van der Waals surface area (Å²) in [5, 5.41) is 19.3. The summed E-state index contributed by atoms with van der Waals surface area (Å²) in [7, 11) is 0. The number of aromatic amines is 1. The van der Waals surface area contributed by atoms with Crippen LogP contribution in [0.1, 0.15) is 5.82 Å². The van der Waals surface area contributed by atoms with Gasteiger partial charge in [0.05, 0.1) is 11.0 Å². The minimum atomic E-state index is -0.538. The van der Waals surface area contributed by atoms with E-state index in [0.29, 0.717) is 5.82 Å². The molecule has 2 rings (SSSR count). The molecular formula is C11H11N5O4. The molecule has 0 aliphatic carbocycles. The molecule has 0 saturated heterocycles. The van der Waals surface area contributed by atoms with Crippen LogP contribution in [0.25, 0.3) is 0 Å². The molecule has 1 aromatic carbocycles. The molecule has 20 heavy (non-hydrogen) atoms. The molecule has 0 bridgehead atoms. The van der Waals surface area contributed by atoms with Crippen molar-refractivity contribution in [1.82, 2.24) is 15.2 Å². The molecule has 1 amide bonds. The van der Waals surface area contributed by atoms with Crippen molar-refractivity contribution in [3.05, 3.63) is 40.2 Å². The topological polar surface area (TPSA) is 123 Å². The van der Waals surface area contributed by atoms with Gasteiger partial charge < -0.3 is 4.74 Å². The van der Waals surface area contributed by atoms with Crippen molar-refractivity contribution < 1.29 is 14.5 Å². The van der Waals surface area contributed by atoms with Crippen LogP contribution in [-0.4, -0.2) is 32.6 Å². The number of amides is 1. The quantitative estimate of drug-likeness (QED) is 0.621. The van der Waals surface area contributed by atoms with Crippen molar-refractivity contribution in [3.63, 3.8) is 0 Å². The summed E-state index contributed by atoms with van der Waals surface area (Å²) in [6, 6.07) is 5.58. The molecule has 0 unspecified atom stereocenters. The number of hydrogen-bond acceptors (Lipinski definition) is 6. The molecule has 0 atom stereocenters. The fourth-order valence-corrected chi connectivity index (χ4v) is 1.40. The Labute approximate surface area is 113 Å². The Bertz CT molecular complexity index is 639. The summed E-state index contributed by atoms with van der Waals surface area (Å²) in [5.74, 6) is 0.492. The molecule has 0 spiro atoms. The van der Waals surface area contributed by atoms with Crippen molar-refractivity contribution in [3.8, 4) is 5.75 Å². The van der Waals surface area contributed by atoms with Crippen LogP contribution in [0.2, 0.25) is 0 Å². The number of carbonyl (C=O) groups is 1. The van der Waals surface area contributed by atoms with Crippen LogP contribution in [0.3, 0.4) is 0 Å². The van der Waals surface area contributed by atoms with E-state index in [9.17, 15) is 14.9 Å². The second-order valence-electron chi connectivity index (χ2n) is 3.84. The number of non-ortho nitro benzene ring substituents is 1. The Balaban J connectivity index is 1.90. The van der Waals surface area contributed by atoms with Gasteiger partial charge in [-0.3, -0.25) is 25.3 Å². The van der Waals surface area contributed by atoms with E-state index in [1.54, 1.807) is 6.92 Å². The van der Waals surface area contributed by atoms with Crippen LogP contribution in [0.5, 0.6) is 5.75 Å². The molecule has 104 valence electrons. The van der Waals surface area contributed by atoms with Crippen molar-refractivity contribution in [2.45, 2.75) is 6.92 Å². The van der Waals surface area contributed by atoms with Gasteiger partial charge in [0, 0.05) is 6.07 Å². The Morgan fingerprint density at radius 3 is 3.00 bits per heavy atom. The van der Waals surface area contributed by atoms with Crippen LogP contribution >= 0.6 is 0 Å². The maximum atomic E-state index is 11.5. The molecule has 2 N–H and O–H groups in total. The lowest BCUT2D eigenvalue weighted by Gasteiger charge is -2.05. The second-order valence-corrected chi connectivity index (χ2v) is 3.84. The number of H-pyrrole nitrogens is 1. The number of nitro benzene ring substituents is 1. The Hall–Kier alpha value is -2.97. The standard InChI is InChI=1S/C11H11N5O4/c1-7-12-11(15-14-7)13-10(17)6-20-9-4-2-3-8(5-9)16(18)19/h2-5H,6H2,1H3,(H2,12,13,14,15,17). The smallest absolute Gasteiger partial charge is 0.273 e. The minimum absolute atomic E-state index is 0.104. The fourth-order valence-electron chi connectivity index (χ4n) is 1.40. The average molecular weight is 277 g/mol. The van der Waals surface area contributed by atoms with E-state index in [-0.39, 0.29) is 24.0 Å². The zero-order valence-corrected chi connectivity index (χ0v) is 10.5. The number of nitrogens with one attached hydrogen (secondary N) is 2. The van der Waals surface area contributed by atoms with Crippen LogP contribution in [0.4, 0.5) is 11.6 Å². The number of aryl methyl sites for hydroxylation is 1. The Morgan fingerprint density at radius 1 is 1.55 bits per heavy atom. The number of benzene rings is 1. The van der Waals surface area contributed by atoms with Gasteiger partial charge in [-0.1, -0.05) is 6.07 Å². The summed E-state index contributed by atoms with van der Waals surface area (Å²) in [4.78, 5) is 25.5. The molecule has 0 radical (unpaired) electrons. The average Bonchev–Trinajstić information content (AvgIpc) is 2.82. The molecule has 0 aliphatic rings. The number of hydrogen-bond donors (Lipinski definition) is 2. The molecule has 1 heterocycles. The van der Waals surface area contributed by atoms with Crippen molar-refractivity contribution >= 4 is 17.5 Å². The normalized spacial score (nSPS) is 10.1. The van der Waals surface area contributed by atoms with Crippen molar-refractivity contribution in [1.29, 1.82) is 0 Å². The lowest BCUT2D eigenvalue weighted by Crippen LogP contribution is -2.20. The summed E-state index contributed by atoms with van der Waals surface area (Å²) in [5.41, 5.74) is -0.104. The molecule has 0 saturated carbocycles. The van der Waals surface area contributed by atoms with E-state index in [2.05, 4.69) is 20.5 Å². The summed E-state index contributed by atoms with van der Waals surface area (Å²) < 4.78 is 5.16. The van der Waals surface area contributed by atoms with E-state index in [4.69, 9.17) is 4.74 Å². The molecule has 0 fully saturated rings. The highest BCUT2D eigenvalue weighted by molar-refractivity contribution is 5.90. The third-order valence-electron chi connectivity index (χ3n) is 2.25. The zero-order valence-electron chi connectivity index (χ0n) is 10.5. The van der Waals surface area contributed by atoms with Gasteiger partial charge in [0.1, 0.15) is 11.6 Å². The van der Waals surface area contributed by atoms with Crippen molar-refractivity contribution in [2.75, 3.05) is 11.9 Å². The maximum absolute atomic E-state index is 11.5. The first kappa shape index (κ1) is 13.5. The van der Waals surface area contributed by atoms with Crippen LogP contribution in [0, 0.1) is 17.0 Å². The van der Waals surface area contributed by atoms with Crippen molar-refractivity contribution in [2.24, 2.45) is 0 Å². The van der Waals surface area contributed by atoms with Crippen LogP contribution in [-0.2, 0) is 4.79 Å². The Kier molecular flexibility index (Phi) is 3.89. The SMILES string of the molecule is Cc1nc(NC(=O)COc2cccc([N+](=O)[O-])c2)n[nH]1. The van der Waals surface area contributed by atoms with Gasteiger partial charge in [-0.25, -0.2) is 0 Å². The maximum Gasteiger partial charge on any atom is 0.273 e. The highest BCUT2D eigenvalue weighted by Gasteiger charge is 2.09. The Morgan fingerprint density at radius 2 is 2.35 bits per heavy atom. The summed E-state index contributed by atoms with van der Waals surface area (Å²) >= 11 is 0. The van der Waals surface area contributed by atoms with Gasteiger partial charge in [0.25, 0.3) is 11.6 Å². The summed E-state index contributed by atoms with van der Waals surface area (Å²) in [6.45, 7) is 1.40. The van der Waals surface area contributed by atoms with Gasteiger partial charge >= 0.3 is 0 Å². The second kappa shape index (κ2) is 5.78. The van der Waals surface area contributed by atoms with Crippen LogP contribution < -0.4 is 10.1 Å². The summed E-state index contributed by atoms with van der Waals surface area (Å²) in [6.07, 6.45) is 0. The number of rotatable bonds is 5. The monoisotopic (exact) mass is 277 g/mol. The van der Waals surface area contributed by atoms with Gasteiger partial charge in [0.2, 0.25) is 5.95 Å². The third kappa shape index (κ3) is 3.51. The highest BCUT2D eigenvalue weighted by Crippen LogP contribution is 2.18. The number of nitro groups is 1. The number of aromatic nitrogens is 3. The van der Waals surface area contributed by atoms with E-state index in [1.807, 2.05) is 0 Å². The molecule has 9 heteroatoms. The van der Waals surface area contributed by atoms with Gasteiger partial charge in [-0.15, -0.1) is 5.10 Å². The molecule has 9 nitrogen and oxygen atoms in total. The number of nitrogens with zero attached hydrogens (tertiary/aromatic N) is 3. The highest BCUT2D eigenvalue weighted by atomic mass is 16.6. The number of anilines is 1.